The number of aromatic amines is 2. The van der Waals surface area contributed by atoms with Crippen molar-refractivity contribution in [3.05, 3.63) is 61.4 Å². The summed E-state index contributed by atoms with van der Waals surface area (Å²) < 4.78 is 5.22. The molecule has 0 saturated carbocycles. The highest BCUT2D eigenvalue weighted by atomic mass is 16.3. The van der Waals surface area contributed by atoms with E-state index in [1.54, 1.807) is 31.1 Å². The Bertz CT molecular complexity index is 1700. The van der Waals surface area contributed by atoms with Crippen molar-refractivity contribution in [3.8, 4) is 34.0 Å². The number of fused-ring (bicyclic) bond motifs is 2. The van der Waals surface area contributed by atoms with Crippen LogP contribution >= 0.6 is 0 Å². The summed E-state index contributed by atoms with van der Waals surface area (Å²) in [6, 6.07) is 9.39. The Morgan fingerprint density at radius 1 is 1.03 bits per heavy atom. The number of rotatable bonds is 6. The van der Waals surface area contributed by atoms with E-state index in [0.29, 0.717) is 34.8 Å². The quantitative estimate of drug-likeness (QED) is 0.299. The van der Waals surface area contributed by atoms with Crippen LogP contribution in [0.5, 0.6) is 0 Å². The van der Waals surface area contributed by atoms with Crippen LogP contribution in [0.15, 0.2) is 65.9 Å². The van der Waals surface area contributed by atoms with E-state index in [0.717, 1.165) is 33.4 Å². The minimum Gasteiger partial charge on any atom is -0.472 e. The molecule has 1 amide bonds. The van der Waals surface area contributed by atoms with Crippen LogP contribution in [0.4, 0.5) is 5.69 Å². The van der Waals surface area contributed by atoms with Crippen molar-refractivity contribution in [1.82, 2.24) is 35.1 Å². The molecule has 6 aromatic rings. The Labute approximate surface area is 205 Å². The van der Waals surface area contributed by atoms with Gasteiger partial charge in [-0.25, -0.2) is 9.97 Å². The van der Waals surface area contributed by atoms with Crippen molar-refractivity contribution in [2.75, 3.05) is 5.32 Å². The molecular weight excluding hydrogens is 456 g/mol. The van der Waals surface area contributed by atoms with E-state index in [4.69, 9.17) is 14.4 Å². The standard InChI is InChI=1S/C26H22N8O2/c1-14(2)9-21(35)29-17-10-16(11-27-12-17)18-3-4-20-24(30-18)25(34-33-20)26-31-19-5-7-28-22(23(19)32-26)15-6-8-36-13-15/h3-8,10-14H,9H2,1-2H3,(H,29,35)(H,31,32)(H,33,34). The number of carbonyl (C=O) groups is 1. The number of hydrogen-bond acceptors (Lipinski definition) is 7. The molecule has 0 spiro atoms. The van der Waals surface area contributed by atoms with Crippen molar-refractivity contribution < 1.29 is 9.21 Å². The monoisotopic (exact) mass is 478 g/mol. The highest BCUT2D eigenvalue weighted by Crippen LogP contribution is 2.31. The summed E-state index contributed by atoms with van der Waals surface area (Å²) >= 11 is 0. The van der Waals surface area contributed by atoms with Crippen LogP contribution in [0, 0.1) is 5.92 Å². The van der Waals surface area contributed by atoms with Gasteiger partial charge in [0, 0.05) is 29.9 Å². The average Bonchev–Trinajstić information content (AvgIpc) is 3.62. The lowest BCUT2D eigenvalue weighted by atomic mass is 10.1. The van der Waals surface area contributed by atoms with Crippen molar-refractivity contribution in [3.63, 3.8) is 0 Å². The largest absolute Gasteiger partial charge is 0.472 e. The molecule has 6 aromatic heterocycles. The van der Waals surface area contributed by atoms with Crippen molar-refractivity contribution in [2.45, 2.75) is 20.3 Å². The van der Waals surface area contributed by atoms with Crippen LogP contribution in [-0.2, 0) is 4.79 Å². The predicted molar refractivity (Wildman–Crippen MR) is 136 cm³/mol. The molecule has 6 rings (SSSR count). The average molecular weight is 479 g/mol. The maximum absolute atomic E-state index is 12.2. The van der Waals surface area contributed by atoms with Crippen LogP contribution < -0.4 is 5.32 Å². The van der Waals surface area contributed by atoms with Crippen molar-refractivity contribution >= 4 is 33.7 Å². The van der Waals surface area contributed by atoms with E-state index in [2.05, 4.69) is 30.5 Å². The van der Waals surface area contributed by atoms with Gasteiger partial charge in [0.25, 0.3) is 0 Å². The summed E-state index contributed by atoms with van der Waals surface area (Å²) in [5.74, 6) is 0.805. The second-order valence-corrected chi connectivity index (χ2v) is 8.93. The van der Waals surface area contributed by atoms with E-state index in [1.165, 1.54) is 0 Å². The molecule has 0 unspecified atom stereocenters. The second kappa shape index (κ2) is 8.73. The summed E-state index contributed by atoms with van der Waals surface area (Å²) in [5.41, 5.74) is 7.26. The van der Waals surface area contributed by atoms with Gasteiger partial charge in [0.05, 0.1) is 41.1 Å². The molecule has 0 aliphatic heterocycles. The van der Waals surface area contributed by atoms with Gasteiger partial charge in [-0.15, -0.1) is 0 Å². The Hall–Kier alpha value is -4.86. The third-order valence-corrected chi connectivity index (χ3v) is 5.74. The molecule has 0 aliphatic carbocycles. The molecule has 0 aliphatic rings. The summed E-state index contributed by atoms with van der Waals surface area (Å²) in [6.07, 6.45) is 8.77. The first-order valence-electron chi connectivity index (χ1n) is 11.5. The van der Waals surface area contributed by atoms with Gasteiger partial charge < -0.3 is 14.7 Å². The number of pyridine rings is 3. The van der Waals surface area contributed by atoms with Crippen LogP contribution in [0.2, 0.25) is 0 Å². The van der Waals surface area contributed by atoms with Gasteiger partial charge in [0.2, 0.25) is 5.91 Å². The number of carbonyl (C=O) groups excluding carboxylic acids is 1. The fourth-order valence-corrected chi connectivity index (χ4v) is 4.11. The number of aromatic nitrogens is 7. The van der Waals surface area contributed by atoms with Gasteiger partial charge in [-0.05, 0) is 36.2 Å². The maximum Gasteiger partial charge on any atom is 0.224 e. The van der Waals surface area contributed by atoms with Gasteiger partial charge in [0.1, 0.15) is 16.7 Å². The number of H-pyrrole nitrogens is 2. The first kappa shape index (κ1) is 21.7. The molecule has 3 N–H and O–H groups in total. The summed E-state index contributed by atoms with van der Waals surface area (Å²) in [6.45, 7) is 4.01. The SMILES string of the molecule is CC(C)CC(=O)Nc1cncc(-c2ccc3[nH]nc(-c4nc5c(-c6ccoc6)nccc5[nH]4)c3n2)c1. The molecule has 0 saturated heterocycles. The molecule has 0 fully saturated rings. The fourth-order valence-electron chi connectivity index (χ4n) is 4.11. The first-order chi connectivity index (χ1) is 17.5. The van der Waals surface area contributed by atoms with E-state index in [9.17, 15) is 4.79 Å². The number of nitrogens with zero attached hydrogens (tertiary/aromatic N) is 5. The number of imidazole rings is 1. The van der Waals surface area contributed by atoms with Gasteiger partial charge in [-0.3, -0.25) is 19.9 Å². The molecule has 0 atom stereocenters. The molecule has 6 heterocycles. The maximum atomic E-state index is 12.2. The summed E-state index contributed by atoms with van der Waals surface area (Å²) in [4.78, 5) is 34.0. The molecule has 10 nitrogen and oxygen atoms in total. The van der Waals surface area contributed by atoms with Crippen molar-refractivity contribution in [2.24, 2.45) is 5.92 Å². The molecule has 36 heavy (non-hydrogen) atoms. The van der Waals surface area contributed by atoms with Crippen LogP contribution in [0.1, 0.15) is 20.3 Å². The first-order valence-corrected chi connectivity index (χ1v) is 11.5. The molecule has 0 aromatic carbocycles. The van der Waals surface area contributed by atoms with Crippen LogP contribution in [0.25, 0.3) is 56.1 Å². The highest BCUT2D eigenvalue weighted by Gasteiger charge is 2.18. The van der Waals surface area contributed by atoms with Crippen molar-refractivity contribution in [1.29, 1.82) is 0 Å². The zero-order chi connectivity index (χ0) is 24.6. The topological polar surface area (TPSA) is 138 Å². The third-order valence-electron chi connectivity index (χ3n) is 5.74. The normalized spacial score (nSPS) is 11.5. The Morgan fingerprint density at radius 2 is 1.92 bits per heavy atom. The summed E-state index contributed by atoms with van der Waals surface area (Å²) in [7, 11) is 0. The Balaban J connectivity index is 1.38. The van der Waals surface area contributed by atoms with Crippen LogP contribution in [0.3, 0.4) is 0 Å². The smallest absolute Gasteiger partial charge is 0.224 e. The number of amides is 1. The zero-order valence-corrected chi connectivity index (χ0v) is 19.6. The van der Waals surface area contributed by atoms with E-state index < -0.39 is 0 Å². The van der Waals surface area contributed by atoms with Gasteiger partial charge >= 0.3 is 0 Å². The minimum atomic E-state index is -0.0429. The molecule has 0 radical (unpaired) electrons. The second-order valence-electron chi connectivity index (χ2n) is 8.93. The van der Waals surface area contributed by atoms with E-state index in [-0.39, 0.29) is 11.8 Å². The number of nitrogens with one attached hydrogen (secondary N) is 3. The molecule has 10 heteroatoms. The van der Waals surface area contributed by atoms with E-state index >= 15 is 0 Å². The summed E-state index contributed by atoms with van der Waals surface area (Å²) in [5, 5.41) is 10.4. The zero-order valence-electron chi connectivity index (χ0n) is 19.6. The highest BCUT2D eigenvalue weighted by molar-refractivity contribution is 5.95. The lowest BCUT2D eigenvalue weighted by Gasteiger charge is -2.08. The molecule has 0 bridgehead atoms. The van der Waals surface area contributed by atoms with Crippen LogP contribution in [-0.4, -0.2) is 41.0 Å². The number of anilines is 1. The Kier molecular flexibility index (Phi) is 5.25. The Morgan fingerprint density at radius 3 is 2.75 bits per heavy atom. The lowest BCUT2D eigenvalue weighted by Crippen LogP contribution is -2.14. The van der Waals surface area contributed by atoms with Gasteiger partial charge in [-0.1, -0.05) is 13.8 Å². The third kappa shape index (κ3) is 3.98. The lowest BCUT2D eigenvalue weighted by molar-refractivity contribution is -0.116. The fraction of sp³-hybridized carbons (Fsp3) is 0.154. The molecular formula is C26H22N8O2. The molecule has 178 valence electrons. The predicted octanol–water partition coefficient (Wildman–Crippen LogP) is 5.20. The number of hydrogen-bond donors (Lipinski definition) is 3. The van der Waals surface area contributed by atoms with Gasteiger partial charge in [-0.2, -0.15) is 5.10 Å². The van der Waals surface area contributed by atoms with Gasteiger partial charge in [0.15, 0.2) is 11.5 Å². The number of furan rings is 1. The van der Waals surface area contributed by atoms with E-state index in [1.807, 2.05) is 44.2 Å². The minimum absolute atomic E-state index is 0.0429.